The Morgan fingerprint density at radius 2 is 2.10 bits per heavy atom. The van der Waals surface area contributed by atoms with Crippen molar-refractivity contribution in [1.82, 2.24) is 10.1 Å². The van der Waals surface area contributed by atoms with Gasteiger partial charge in [0.1, 0.15) is 18.1 Å². The number of hydrogen-bond donors (Lipinski definition) is 0. The zero-order chi connectivity index (χ0) is 14.7. The van der Waals surface area contributed by atoms with Crippen LogP contribution in [-0.4, -0.2) is 29.3 Å². The standard InChI is InChI=1S/C17H22N2O2/c1-13-17(14(2)21-18-13)11-19-10-6-7-15(19)12-20-16-8-4-3-5-9-16/h3-5,8-9,15H,6-7,10-12H2,1-2H3/t15-/m0/s1. The Kier molecular flexibility index (Phi) is 4.25. The van der Waals surface area contributed by atoms with Gasteiger partial charge in [0, 0.05) is 18.2 Å². The number of aromatic nitrogens is 1. The molecule has 3 rings (SSSR count). The van der Waals surface area contributed by atoms with E-state index >= 15 is 0 Å². The van der Waals surface area contributed by atoms with Crippen LogP contribution in [0.4, 0.5) is 0 Å². The van der Waals surface area contributed by atoms with Crippen LogP contribution in [0.25, 0.3) is 0 Å². The molecule has 0 bridgehead atoms. The van der Waals surface area contributed by atoms with Gasteiger partial charge in [-0.15, -0.1) is 0 Å². The van der Waals surface area contributed by atoms with Gasteiger partial charge in [0.2, 0.25) is 0 Å². The number of para-hydroxylation sites is 1. The molecule has 2 heterocycles. The van der Waals surface area contributed by atoms with Gasteiger partial charge in [0.15, 0.2) is 0 Å². The monoisotopic (exact) mass is 286 g/mol. The molecule has 2 aromatic rings. The minimum Gasteiger partial charge on any atom is -0.492 e. The van der Waals surface area contributed by atoms with Crippen molar-refractivity contribution in [3.63, 3.8) is 0 Å². The molecule has 1 aromatic carbocycles. The average molecular weight is 286 g/mol. The molecule has 1 saturated heterocycles. The van der Waals surface area contributed by atoms with Crippen molar-refractivity contribution >= 4 is 0 Å². The first-order valence-electron chi connectivity index (χ1n) is 7.57. The van der Waals surface area contributed by atoms with Gasteiger partial charge in [-0.3, -0.25) is 4.90 Å². The lowest BCUT2D eigenvalue weighted by Crippen LogP contribution is -2.34. The highest BCUT2D eigenvalue weighted by molar-refractivity contribution is 5.22. The predicted octanol–water partition coefficient (Wildman–Crippen LogP) is 3.33. The van der Waals surface area contributed by atoms with Crippen LogP contribution in [0.1, 0.15) is 29.9 Å². The highest BCUT2D eigenvalue weighted by Crippen LogP contribution is 2.24. The summed E-state index contributed by atoms with van der Waals surface area (Å²) in [6, 6.07) is 10.5. The van der Waals surface area contributed by atoms with E-state index in [0.29, 0.717) is 6.04 Å². The number of rotatable bonds is 5. The summed E-state index contributed by atoms with van der Waals surface area (Å²) < 4.78 is 11.2. The van der Waals surface area contributed by atoms with E-state index in [1.54, 1.807) is 0 Å². The van der Waals surface area contributed by atoms with Crippen LogP contribution in [0.2, 0.25) is 0 Å². The highest BCUT2D eigenvalue weighted by Gasteiger charge is 2.26. The maximum atomic E-state index is 5.92. The second-order valence-corrected chi connectivity index (χ2v) is 5.69. The second-order valence-electron chi connectivity index (χ2n) is 5.69. The summed E-state index contributed by atoms with van der Waals surface area (Å²) in [4.78, 5) is 2.48. The van der Waals surface area contributed by atoms with Crippen LogP contribution >= 0.6 is 0 Å². The molecule has 4 heteroatoms. The van der Waals surface area contributed by atoms with Crippen molar-refractivity contribution in [1.29, 1.82) is 0 Å². The third-order valence-corrected chi connectivity index (χ3v) is 4.23. The van der Waals surface area contributed by atoms with Gasteiger partial charge in [-0.25, -0.2) is 0 Å². The topological polar surface area (TPSA) is 38.5 Å². The van der Waals surface area contributed by atoms with Crippen LogP contribution in [-0.2, 0) is 6.54 Å². The highest BCUT2D eigenvalue weighted by atomic mass is 16.5. The SMILES string of the molecule is Cc1noc(C)c1CN1CCC[C@H]1COc1ccccc1. The summed E-state index contributed by atoms with van der Waals surface area (Å²) in [6.07, 6.45) is 2.42. The fourth-order valence-corrected chi connectivity index (χ4v) is 2.93. The smallest absolute Gasteiger partial charge is 0.138 e. The number of aryl methyl sites for hydroxylation is 2. The fourth-order valence-electron chi connectivity index (χ4n) is 2.93. The van der Waals surface area contributed by atoms with Crippen molar-refractivity contribution in [2.24, 2.45) is 0 Å². The van der Waals surface area contributed by atoms with Crippen LogP contribution in [0.15, 0.2) is 34.9 Å². The third kappa shape index (κ3) is 3.27. The van der Waals surface area contributed by atoms with E-state index in [1.165, 1.54) is 18.4 Å². The zero-order valence-electron chi connectivity index (χ0n) is 12.7. The summed E-state index contributed by atoms with van der Waals surface area (Å²) in [5, 5.41) is 4.04. The van der Waals surface area contributed by atoms with Crippen LogP contribution in [0, 0.1) is 13.8 Å². The lowest BCUT2D eigenvalue weighted by molar-refractivity contribution is 0.166. The number of likely N-dealkylation sites (tertiary alicyclic amines) is 1. The molecule has 0 saturated carbocycles. The normalized spacial score (nSPS) is 19.0. The molecular formula is C17H22N2O2. The summed E-state index contributed by atoms with van der Waals surface area (Å²) in [5.74, 6) is 1.88. The van der Waals surface area contributed by atoms with Crippen molar-refractivity contribution in [2.45, 2.75) is 39.3 Å². The predicted molar refractivity (Wildman–Crippen MR) is 81.3 cm³/mol. The zero-order valence-corrected chi connectivity index (χ0v) is 12.7. The Balaban J connectivity index is 1.60. The Labute approximate surface area is 125 Å². The van der Waals surface area contributed by atoms with Gasteiger partial charge in [0.05, 0.1) is 5.69 Å². The lowest BCUT2D eigenvalue weighted by atomic mass is 10.1. The number of benzene rings is 1. The average Bonchev–Trinajstić information content (AvgIpc) is 3.08. The molecule has 4 nitrogen and oxygen atoms in total. The van der Waals surface area contributed by atoms with Crippen LogP contribution in [0.5, 0.6) is 5.75 Å². The van der Waals surface area contributed by atoms with E-state index in [0.717, 1.165) is 36.9 Å². The molecule has 0 spiro atoms. The third-order valence-electron chi connectivity index (χ3n) is 4.23. The number of hydrogen-bond acceptors (Lipinski definition) is 4. The van der Waals surface area contributed by atoms with Gasteiger partial charge in [-0.2, -0.15) is 0 Å². The first-order valence-corrected chi connectivity index (χ1v) is 7.57. The lowest BCUT2D eigenvalue weighted by Gasteiger charge is -2.24. The largest absolute Gasteiger partial charge is 0.492 e. The molecule has 1 aliphatic rings. The molecule has 1 atom stereocenters. The summed E-state index contributed by atoms with van der Waals surface area (Å²) in [6.45, 7) is 6.77. The Morgan fingerprint density at radius 1 is 1.29 bits per heavy atom. The first-order chi connectivity index (χ1) is 10.2. The number of nitrogens with zero attached hydrogens (tertiary/aromatic N) is 2. The van der Waals surface area contributed by atoms with Gasteiger partial charge in [-0.05, 0) is 45.4 Å². The van der Waals surface area contributed by atoms with Gasteiger partial charge in [0.25, 0.3) is 0 Å². The van der Waals surface area contributed by atoms with Gasteiger partial charge >= 0.3 is 0 Å². The minimum absolute atomic E-state index is 0.471. The van der Waals surface area contributed by atoms with E-state index in [4.69, 9.17) is 9.26 Å². The van der Waals surface area contributed by atoms with E-state index in [-0.39, 0.29) is 0 Å². The van der Waals surface area contributed by atoms with Crippen LogP contribution in [0.3, 0.4) is 0 Å². The Morgan fingerprint density at radius 3 is 2.81 bits per heavy atom. The van der Waals surface area contributed by atoms with Crippen LogP contribution < -0.4 is 4.74 Å². The van der Waals surface area contributed by atoms with Crippen molar-refractivity contribution in [3.8, 4) is 5.75 Å². The van der Waals surface area contributed by atoms with Crippen molar-refractivity contribution in [3.05, 3.63) is 47.3 Å². The van der Waals surface area contributed by atoms with E-state index < -0.39 is 0 Å². The van der Waals surface area contributed by atoms with Gasteiger partial charge < -0.3 is 9.26 Å². The van der Waals surface area contributed by atoms with Crippen molar-refractivity contribution < 1.29 is 9.26 Å². The minimum atomic E-state index is 0.471. The van der Waals surface area contributed by atoms with Crippen molar-refractivity contribution in [2.75, 3.05) is 13.2 Å². The van der Waals surface area contributed by atoms with Gasteiger partial charge in [-0.1, -0.05) is 23.4 Å². The Bertz CT molecular complexity index is 560. The molecule has 0 amide bonds. The molecule has 112 valence electrons. The molecule has 21 heavy (non-hydrogen) atoms. The maximum Gasteiger partial charge on any atom is 0.138 e. The molecule has 0 unspecified atom stereocenters. The fraction of sp³-hybridized carbons (Fsp3) is 0.471. The molecular weight excluding hydrogens is 264 g/mol. The quantitative estimate of drug-likeness (QED) is 0.845. The first kappa shape index (κ1) is 14.1. The molecule has 0 radical (unpaired) electrons. The molecule has 1 fully saturated rings. The van der Waals surface area contributed by atoms with E-state index in [1.807, 2.05) is 44.2 Å². The summed E-state index contributed by atoms with van der Waals surface area (Å²) in [7, 11) is 0. The maximum absolute atomic E-state index is 5.92. The molecule has 1 aromatic heterocycles. The number of ether oxygens (including phenoxy) is 1. The Hall–Kier alpha value is -1.81. The van der Waals surface area contributed by atoms with E-state index in [2.05, 4.69) is 10.1 Å². The molecule has 0 N–H and O–H groups in total. The molecule has 1 aliphatic heterocycles. The van der Waals surface area contributed by atoms with E-state index in [9.17, 15) is 0 Å². The second kappa shape index (κ2) is 6.31. The summed E-state index contributed by atoms with van der Waals surface area (Å²) in [5.41, 5.74) is 2.23. The molecule has 0 aliphatic carbocycles. The summed E-state index contributed by atoms with van der Waals surface area (Å²) >= 11 is 0.